The summed E-state index contributed by atoms with van der Waals surface area (Å²) in [5, 5.41) is 4.00. The fraction of sp³-hybridized carbons (Fsp3) is 0.286. The van der Waals surface area contributed by atoms with Crippen molar-refractivity contribution in [2.24, 2.45) is 0 Å². The van der Waals surface area contributed by atoms with E-state index in [1.807, 2.05) is 42.5 Å². The number of nitrogen functional groups attached to an aromatic ring is 1. The van der Waals surface area contributed by atoms with Crippen LogP contribution in [0.2, 0.25) is 0 Å². The minimum atomic E-state index is -0.00667. The normalized spacial score (nSPS) is 13.8. The second-order valence-corrected chi connectivity index (χ2v) is 6.71. The van der Waals surface area contributed by atoms with Crippen LogP contribution in [0.3, 0.4) is 0 Å². The van der Waals surface area contributed by atoms with Gasteiger partial charge in [0.05, 0.1) is 24.0 Å². The fourth-order valence-corrected chi connectivity index (χ4v) is 3.40. The summed E-state index contributed by atoms with van der Waals surface area (Å²) in [5.74, 6) is 0.781. The number of anilines is 1. The third kappa shape index (κ3) is 2.79. The van der Waals surface area contributed by atoms with Crippen molar-refractivity contribution in [3.8, 4) is 17.0 Å². The molecule has 1 aliphatic carbocycles. The van der Waals surface area contributed by atoms with Crippen molar-refractivity contribution in [3.05, 3.63) is 48.0 Å². The number of amides is 1. The van der Waals surface area contributed by atoms with Crippen molar-refractivity contribution in [1.82, 2.24) is 9.88 Å². The molecule has 0 bridgehead atoms. The lowest BCUT2D eigenvalue weighted by atomic mass is 10.1. The average Bonchev–Trinajstić information content (AvgIpc) is 3.44. The quantitative estimate of drug-likeness (QED) is 0.736. The number of carbonyl (C=O) groups excluding carboxylic acids is 1. The molecule has 0 spiro atoms. The molecule has 0 atom stereocenters. The second kappa shape index (κ2) is 6.41. The molecule has 3 aromatic rings. The molecule has 1 saturated carbocycles. The van der Waals surface area contributed by atoms with E-state index in [1.54, 1.807) is 7.11 Å². The largest absolute Gasteiger partial charge is 0.497 e. The predicted octanol–water partition coefficient (Wildman–Crippen LogP) is 3.81. The summed E-state index contributed by atoms with van der Waals surface area (Å²) in [7, 11) is 1.65. The third-order valence-corrected chi connectivity index (χ3v) is 4.96. The molecule has 134 valence electrons. The molecule has 2 aromatic carbocycles. The number of hydrogen-bond donors (Lipinski definition) is 2. The van der Waals surface area contributed by atoms with Gasteiger partial charge in [0.15, 0.2) is 0 Å². The summed E-state index contributed by atoms with van der Waals surface area (Å²) in [6.45, 7) is 2.91. The Morgan fingerprint density at radius 3 is 2.58 bits per heavy atom. The Bertz CT molecular complexity index is 969. The number of methoxy groups -OCH3 is 1. The first-order valence-electron chi connectivity index (χ1n) is 8.99. The number of fused-ring (bicyclic) bond motifs is 1. The van der Waals surface area contributed by atoms with E-state index in [-0.39, 0.29) is 5.91 Å². The van der Waals surface area contributed by atoms with Gasteiger partial charge in [-0.15, -0.1) is 0 Å². The molecule has 1 fully saturated rings. The van der Waals surface area contributed by atoms with E-state index in [0.717, 1.165) is 53.0 Å². The zero-order valence-electron chi connectivity index (χ0n) is 15.1. The van der Waals surface area contributed by atoms with Crippen LogP contribution in [0.25, 0.3) is 22.2 Å². The number of ether oxygens (including phenoxy) is 1. The number of carbonyl (C=O) groups is 1. The number of nitrogens with one attached hydrogen (secondary N) is 1. The molecule has 0 aliphatic heterocycles. The minimum Gasteiger partial charge on any atom is -0.497 e. The maximum absolute atomic E-state index is 12.2. The molecular formula is C21H23N3O2. The molecule has 3 N–H and O–H groups in total. The zero-order chi connectivity index (χ0) is 18.3. The van der Waals surface area contributed by atoms with Crippen LogP contribution < -0.4 is 15.8 Å². The smallest absolute Gasteiger partial charge is 0.251 e. The molecule has 5 nitrogen and oxygen atoms in total. The van der Waals surface area contributed by atoms with Crippen LogP contribution in [0, 0.1) is 0 Å². The summed E-state index contributed by atoms with van der Waals surface area (Å²) < 4.78 is 7.53. The molecule has 0 unspecified atom stereocenters. The second-order valence-electron chi connectivity index (χ2n) is 6.71. The molecule has 1 aromatic heterocycles. The summed E-state index contributed by atoms with van der Waals surface area (Å²) >= 11 is 0. The van der Waals surface area contributed by atoms with Gasteiger partial charge in [0.25, 0.3) is 5.91 Å². The number of rotatable bonds is 5. The first kappa shape index (κ1) is 16.5. The first-order chi connectivity index (χ1) is 12.6. The summed E-state index contributed by atoms with van der Waals surface area (Å²) in [4.78, 5) is 12.2. The SMILES string of the molecule is CCn1c(-c2ccc(C(=O)NC3CC3)cc2)c(N)c2cc(OC)ccc21. The van der Waals surface area contributed by atoms with Gasteiger partial charge in [-0.2, -0.15) is 0 Å². The van der Waals surface area contributed by atoms with Crippen LogP contribution in [0.5, 0.6) is 5.75 Å². The number of nitrogens with zero attached hydrogens (tertiary/aromatic N) is 1. The highest BCUT2D eigenvalue weighted by Crippen LogP contribution is 2.37. The zero-order valence-corrected chi connectivity index (χ0v) is 15.1. The standard InChI is InChI=1S/C21H23N3O2/c1-3-24-18-11-10-16(26-2)12-17(18)19(22)20(24)13-4-6-14(7-5-13)21(25)23-15-8-9-15/h4-7,10-12,15H,3,8-9,22H2,1-2H3,(H,23,25). The van der Waals surface area contributed by atoms with Crippen molar-refractivity contribution in [3.63, 3.8) is 0 Å². The molecule has 0 saturated heterocycles. The van der Waals surface area contributed by atoms with E-state index in [1.165, 1.54) is 0 Å². The first-order valence-corrected chi connectivity index (χ1v) is 8.99. The van der Waals surface area contributed by atoms with E-state index in [2.05, 4.69) is 16.8 Å². The lowest BCUT2D eigenvalue weighted by Gasteiger charge is -2.10. The number of aryl methyl sites for hydroxylation is 1. The fourth-order valence-electron chi connectivity index (χ4n) is 3.40. The average molecular weight is 349 g/mol. The van der Waals surface area contributed by atoms with Crippen molar-refractivity contribution in [1.29, 1.82) is 0 Å². The van der Waals surface area contributed by atoms with Crippen LogP contribution in [-0.4, -0.2) is 23.6 Å². The molecule has 1 aliphatic rings. The van der Waals surface area contributed by atoms with E-state index < -0.39 is 0 Å². The molecule has 1 amide bonds. The van der Waals surface area contributed by atoms with Crippen LogP contribution >= 0.6 is 0 Å². The molecule has 4 rings (SSSR count). The maximum Gasteiger partial charge on any atom is 0.251 e. The van der Waals surface area contributed by atoms with Crippen LogP contribution in [0.15, 0.2) is 42.5 Å². The molecular weight excluding hydrogens is 326 g/mol. The van der Waals surface area contributed by atoms with Gasteiger partial charge in [0, 0.05) is 29.1 Å². The number of benzene rings is 2. The Labute approximate surface area is 152 Å². The Hall–Kier alpha value is -2.95. The van der Waals surface area contributed by atoms with Gasteiger partial charge in [-0.1, -0.05) is 12.1 Å². The van der Waals surface area contributed by atoms with Crippen LogP contribution in [0.4, 0.5) is 5.69 Å². The van der Waals surface area contributed by atoms with Gasteiger partial charge >= 0.3 is 0 Å². The molecule has 26 heavy (non-hydrogen) atoms. The lowest BCUT2D eigenvalue weighted by molar-refractivity contribution is 0.0951. The van der Waals surface area contributed by atoms with Gasteiger partial charge in [-0.25, -0.2) is 0 Å². The molecule has 5 heteroatoms. The van der Waals surface area contributed by atoms with E-state index in [0.29, 0.717) is 11.6 Å². The van der Waals surface area contributed by atoms with Gasteiger partial charge in [-0.3, -0.25) is 4.79 Å². The number of hydrogen-bond acceptors (Lipinski definition) is 3. The summed E-state index contributed by atoms with van der Waals surface area (Å²) in [6.07, 6.45) is 2.17. The van der Waals surface area contributed by atoms with Crippen molar-refractivity contribution < 1.29 is 9.53 Å². The van der Waals surface area contributed by atoms with Gasteiger partial charge < -0.3 is 20.4 Å². The lowest BCUT2D eigenvalue weighted by Crippen LogP contribution is -2.25. The highest BCUT2D eigenvalue weighted by atomic mass is 16.5. The van der Waals surface area contributed by atoms with Gasteiger partial charge in [0.2, 0.25) is 0 Å². The Kier molecular flexibility index (Phi) is 4.07. The highest BCUT2D eigenvalue weighted by molar-refractivity contribution is 6.02. The minimum absolute atomic E-state index is 0.00667. The van der Waals surface area contributed by atoms with E-state index in [9.17, 15) is 4.79 Å². The van der Waals surface area contributed by atoms with Crippen molar-refractivity contribution in [2.75, 3.05) is 12.8 Å². The van der Waals surface area contributed by atoms with Gasteiger partial charge in [-0.05, 0) is 50.1 Å². The highest BCUT2D eigenvalue weighted by Gasteiger charge is 2.24. The summed E-state index contributed by atoms with van der Waals surface area (Å²) in [5.41, 5.74) is 11.0. The molecule has 1 heterocycles. The molecule has 0 radical (unpaired) electrons. The van der Waals surface area contributed by atoms with Crippen molar-refractivity contribution in [2.45, 2.75) is 32.4 Å². The maximum atomic E-state index is 12.2. The third-order valence-electron chi connectivity index (χ3n) is 4.96. The van der Waals surface area contributed by atoms with Crippen molar-refractivity contribution >= 4 is 22.5 Å². The summed E-state index contributed by atoms with van der Waals surface area (Å²) in [6, 6.07) is 14.0. The topological polar surface area (TPSA) is 69.3 Å². The van der Waals surface area contributed by atoms with Gasteiger partial charge in [0.1, 0.15) is 5.75 Å². The van der Waals surface area contributed by atoms with Crippen LogP contribution in [-0.2, 0) is 6.54 Å². The van der Waals surface area contributed by atoms with E-state index in [4.69, 9.17) is 10.5 Å². The monoisotopic (exact) mass is 349 g/mol. The Morgan fingerprint density at radius 1 is 1.23 bits per heavy atom. The van der Waals surface area contributed by atoms with E-state index >= 15 is 0 Å². The Balaban J connectivity index is 1.75. The Morgan fingerprint density at radius 2 is 1.96 bits per heavy atom. The number of aromatic nitrogens is 1. The van der Waals surface area contributed by atoms with Crippen LogP contribution in [0.1, 0.15) is 30.1 Å². The predicted molar refractivity (Wildman–Crippen MR) is 105 cm³/mol. The number of nitrogens with two attached hydrogens (primary N) is 1.